The summed E-state index contributed by atoms with van der Waals surface area (Å²) in [6.45, 7) is 14.9. The molecule has 0 N–H and O–H groups in total. The minimum absolute atomic E-state index is 0.424. The zero-order valence-electron chi connectivity index (χ0n) is 20.6. The third-order valence-electron chi connectivity index (χ3n) is 4.60. The average molecular weight is 453 g/mol. The summed E-state index contributed by atoms with van der Waals surface area (Å²) < 4.78 is 42.3. The van der Waals surface area contributed by atoms with Crippen LogP contribution in [0.25, 0.3) is 0 Å². The van der Waals surface area contributed by atoms with E-state index < -0.39 is 21.1 Å². The van der Waals surface area contributed by atoms with Gasteiger partial charge in [0.05, 0.1) is 19.8 Å². The quantitative estimate of drug-likeness (QED) is 0.122. The first-order chi connectivity index (χ1) is 14.5. The van der Waals surface area contributed by atoms with Crippen LogP contribution in [-0.4, -0.2) is 61.2 Å². The molecule has 0 radical (unpaired) electrons. The van der Waals surface area contributed by atoms with E-state index in [0.717, 1.165) is 38.5 Å². The molecule has 0 aliphatic heterocycles. The molecule has 0 amide bonds. The summed E-state index contributed by atoms with van der Waals surface area (Å²) >= 11 is 0. The van der Waals surface area contributed by atoms with E-state index in [1.165, 1.54) is 0 Å². The van der Waals surface area contributed by atoms with Crippen LogP contribution in [0.15, 0.2) is 0 Å². The number of unbranched alkanes of at least 4 members (excludes halogenated alkanes) is 3. The summed E-state index contributed by atoms with van der Waals surface area (Å²) in [5.74, 6) is -1.11. The van der Waals surface area contributed by atoms with Gasteiger partial charge in [-0.3, -0.25) is 0 Å². The Balaban J connectivity index is 5.53. The second-order valence-electron chi connectivity index (χ2n) is 7.26. The molecule has 1 unspecified atom stereocenters. The Kier molecular flexibility index (Phi) is 18.5. The van der Waals surface area contributed by atoms with E-state index in [-0.39, 0.29) is 0 Å². The smallest absolute Gasteiger partial charge is 0.374 e. The van der Waals surface area contributed by atoms with Crippen molar-refractivity contribution in [3.05, 3.63) is 0 Å². The van der Waals surface area contributed by atoms with Crippen LogP contribution in [0.1, 0.15) is 86.5 Å². The lowest BCUT2D eigenvalue weighted by atomic mass is 10.3. The predicted molar refractivity (Wildman–Crippen MR) is 121 cm³/mol. The maximum Gasteiger partial charge on any atom is 0.503 e. The van der Waals surface area contributed by atoms with E-state index in [1.54, 1.807) is 7.11 Å². The zero-order chi connectivity index (χ0) is 22.7. The molecule has 0 rings (SSSR count). The number of ether oxygens (including phenoxy) is 4. The Bertz CT molecular complexity index is 352. The second kappa shape index (κ2) is 18.5. The van der Waals surface area contributed by atoms with Gasteiger partial charge in [-0.25, -0.2) is 0 Å². The number of hydrogen-bond donors (Lipinski definition) is 0. The number of rotatable bonds is 22. The summed E-state index contributed by atoms with van der Waals surface area (Å²) in [6, 6.07) is 0.521. The molecule has 0 aliphatic carbocycles. The number of methoxy groups -OCH3 is 1. The third kappa shape index (κ3) is 12.7. The van der Waals surface area contributed by atoms with Crippen molar-refractivity contribution in [3.63, 3.8) is 0 Å². The molecule has 1 atom stereocenters. The van der Waals surface area contributed by atoms with Crippen molar-refractivity contribution in [2.45, 2.75) is 105 Å². The van der Waals surface area contributed by atoms with Crippen LogP contribution in [0.4, 0.5) is 0 Å². The van der Waals surface area contributed by atoms with Gasteiger partial charge in [0, 0.05) is 32.8 Å². The lowest BCUT2D eigenvalue weighted by molar-refractivity contribution is -0.382. The summed E-state index contributed by atoms with van der Waals surface area (Å²) in [5.41, 5.74) is 0. The first-order valence-electron chi connectivity index (χ1n) is 11.9. The Morgan fingerprint density at radius 1 is 0.733 bits per heavy atom. The molecular formula is C22H48O7Si. The fraction of sp³-hybridized carbons (Fsp3) is 1.00. The molecule has 0 heterocycles. The molecule has 0 fully saturated rings. The Morgan fingerprint density at radius 2 is 1.17 bits per heavy atom. The Labute approximate surface area is 186 Å². The summed E-state index contributed by atoms with van der Waals surface area (Å²) in [6.07, 6.45) is 6.05. The minimum Gasteiger partial charge on any atom is -0.374 e. The molecule has 30 heavy (non-hydrogen) atoms. The SMILES string of the molecule is CCCCOC(CC[Si](OCC)(OCC)OC(C)OC)(OCCCC)OCCCC. The predicted octanol–water partition coefficient (Wildman–Crippen LogP) is 5.50. The molecule has 182 valence electrons. The van der Waals surface area contributed by atoms with Crippen molar-refractivity contribution in [1.82, 2.24) is 0 Å². The molecule has 0 saturated heterocycles. The highest BCUT2D eigenvalue weighted by atomic mass is 28.4. The van der Waals surface area contributed by atoms with Gasteiger partial charge in [-0.1, -0.05) is 40.0 Å². The van der Waals surface area contributed by atoms with Gasteiger partial charge in [0.2, 0.25) is 0 Å². The van der Waals surface area contributed by atoms with Crippen molar-refractivity contribution in [2.24, 2.45) is 0 Å². The molecule has 7 nitrogen and oxygen atoms in total. The van der Waals surface area contributed by atoms with Gasteiger partial charge in [-0.15, -0.1) is 0 Å². The molecule has 8 heteroatoms. The molecular weight excluding hydrogens is 404 g/mol. The van der Waals surface area contributed by atoms with Crippen LogP contribution < -0.4 is 0 Å². The van der Waals surface area contributed by atoms with Crippen LogP contribution in [-0.2, 0) is 32.2 Å². The van der Waals surface area contributed by atoms with Gasteiger partial charge in [0.1, 0.15) is 6.29 Å². The van der Waals surface area contributed by atoms with Gasteiger partial charge in [-0.05, 0) is 40.0 Å². The highest BCUT2D eigenvalue weighted by Crippen LogP contribution is 2.30. The van der Waals surface area contributed by atoms with Crippen LogP contribution in [0.5, 0.6) is 0 Å². The van der Waals surface area contributed by atoms with Gasteiger partial charge in [0.25, 0.3) is 5.97 Å². The van der Waals surface area contributed by atoms with E-state index in [1.807, 2.05) is 20.8 Å². The highest BCUT2D eigenvalue weighted by Gasteiger charge is 2.46. The lowest BCUT2D eigenvalue weighted by Crippen LogP contribution is -2.51. The average Bonchev–Trinajstić information content (AvgIpc) is 2.73. The first-order valence-corrected chi connectivity index (χ1v) is 13.8. The van der Waals surface area contributed by atoms with Gasteiger partial charge >= 0.3 is 8.80 Å². The van der Waals surface area contributed by atoms with Crippen LogP contribution >= 0.6 is 0 Å². The minimum atomic E-state index is -3.00. The van der Waals surface area contributed by atoms with Crippen LogP contribution in [0.2, 0.25) is 6.04 Å². The monoisotopic (exact) mass is 452 g/mol. The van der Waals surface area contributed by atoms with Gasteiger partial charge in [-0.2, -0.15) is 0 Å². The van der Waals surface area contributed by atoms with Crippen molar-refractivity contribution in [1.29, 1.82) is 0 Å². The lowest BCUT2D eigenvalue weighted by Gasteiger charge is -2.37. The molecule has 0 aromatic rings. The summed E-state index contributed by atoms with van der Waals surface area (Å²) in [7, 11) is -1.38. The topological polar surface area (TPSA) is 64.6 Å². The molecule has 0 spiro atoms. The van der Waals surface area contributed by atoms with E-state index in [0.29, 0.717) is 45.5 Å². The fourth-order valence-corrected chi connectivity index (χ4v) is 5.54. The van der Waals surface area contributed by atoms with Gasteiger partial charge in [0.15, 0.2) is 0 Å². The molecule has 0 aliphatic rings. The molecule has 0 saturated carbocycles. The number of hydrogen-bond acceptors (Lipinski definition) is 7. The van der Waals surface area contributed by atoms with Crippen molar-refractivity contribution < 1.29 is 32.2 Å². The fourth-order valence-electron chi connectivity index (χ4n) is 2.82. The Morgan fingerprint density at radius 3 is 1.50 bits per heavy atom. The second-order valence-corrected chi connectivity index (χ2v) is 9.94. The first kappa shape index (κ1) is 29.9. The summed E-state index contributed by atoms with van der Waals surface area (Å²) in [4.78, 5) is 0. The van der Waals surface area contributed by atoms with Gasteiger partial charge < -0.3 is 32.2 Å². The molecule has 0 bridgehead atoms. The van der Waals surface area contributed by atoms with Crippen LogP contribution in [0, 0.1) is 0 Å². The van der Waals surface area contributed by atoms with E-state index in [4.69, 9.17) is 32.2 Å². The maximum absolute atomic E-state index is 6.23. The molecule has 0 aromatic carbocycles. The highest BCUT2D eigenvalue weighted by molar-refractivity contribution is 6.60. The van der Waals surface area contributed by atoms with Crippen molar-refractivity contribution in [2.75, 3.05) is 40.1 Å². The third-order valence-corrected chi connectivity index (χ3v) is 7.61. The molecule has 0 aromatic heterocycles. The Hall–Kier alpha value is -0.0631. The standard InChI is InChI=1S/C22H48O7Si/c1-8-13-17-24-22(25-18-14-9-2,26-19-15-10-3)16-20-30(27-11-4,28-12-5)29-21(6)23-7/h21H,8-20H2,1-7H3. The van der Waals surface area contributed by atoms with Crippen molar-refractivity contribution in [3.8, 4) is 0 Å². The maximum atomic E-state index is 6.23. The van der Waals surface area contributed by atoms with E-state index in [2.05, 4.69) is 20.8 Å². The summed E-state index contributed by atoms with van der Waals surface area (Å²) in [5, 5.41) is 0. The normalized spacial score (nSPS) is 13.7. The van der Waals surface area contributed by atoms with E-state index in [9.17, 15) is 0 Å². The van der Waals surface area contributed by atoms with Crippen molar-refractivity contribution >= 4 is 8.80 Å². The van der Waals surface area contributed by atoms with E-state index >= 15 is 0 Å². The largest absolute Gasteiger partial charge is 0.503 e. The zero-order valence-corrected chi connectivity index (χ0v) is 21.6. The van der Waals surface area contributed by atoms with Crippen LogP contribution in [0.3, 0.4) is 0 Å².